The number of barbiturate groups is 1. The average molecular weight is 346 g/mol. The fourth-order valence-corrected chi connectivity index (χ4v) is 3.02. The summed E-state index contributed by atoms with van der Waals surface area (Å²) in [6.07, 6.45) is 6.27. The van der Waals surface area contributed by atoms with E-state index in [-0.39, 0.29) is 5.57 Å². The zero-order valence-corrected chi connectivity index (χ0v) is 13.8. The van der Waals surface area contributed by atoms with Crippen LogP contribution in [-0.2, 0) is 16.6 Å². The van der Waals surface area contributed by atoms with E-state index < -0.39 is 17.8 Å². The summed E-state index contributed by atoms with van der Waals surface area (Å²) in [5, 5.41) is 3.12. The van der Waals surface area contributed by atoms with Crippen molar-refractivity contribution in [3.05, 3.63) is 66.1 Å². The van der Waals surface area contributed by atoms with Crippen molar-refractivity contribution < 1.29 is 14.4 Å². The maximum absolute atomic E-state index is 12.8. The van der Waals surface area contributed by atoms with E-state index in [1.54, 1.807) is 12.1 Å². The van der Waals surface area contributed by atoms with Crippen LogP contribution in [0.15, 0.2) is 60.6 Å². The number of nitrogens with zero attached hydrogens (tertiary/aromatic N) is 3. The third-order valence-corrected chi connectivity index (χ3v) is 4.23. The minimum Gasteiger partial charge on any atom is -0.350 e. The van der Waals surface area contributed by atoms with Gasteiger partial charge in [0.15, 0.2) is 0 Å². The number of amides is 4. The zero-order chi connectivity index (χ0) is 18.3. The predicted molar refractivity (Wildman–Crippen MR) is 96.2 cm³/mol. The van der Waals surface area contributed by atoms with Crippen LogP contribution in [0.4, 0.5) is 10.5 Å². The number of rotatable bonds is 2. The summed E-state index contributed by atoms with van der Waals surface area (Å²) in [6.45, 7) is 0. The monoisotopic (exact) mass is 346 g/mol. The molecule has 7 heteroatoms. The summed E-state index contributed by atoms with van der Waals surface area (Å²) in [5.74, 6) is -1.40. The van der Waals surface area contributed by atoms with E-state index in [1.165, 1.54) is 18.5 Å². The number of carbonyl (C=O) groups excluding carboxylic acids is 3. The van der Waals surface area contributed by atoms with E-state index in [1.807, 2.05) is 42.1 Å². The molecule has 1 aromatic carbocycles. The maximum Gasteiger partial charge on any atom is 0.336 e. The van der Waals surface area contributed by atoms with Crippen LogP contribution in [0, 0.1) is 0 Å². The van der Waals surface area contributed by atoms with Crippen LogP contribution in [0.1, 0.15) is 5.56 Å². The quantitative estimate of drug-likeness (QED) is 0.570. The molecule has 4 amide bonds. The number of hydrogen-bond acceptors (Lipinski definition) is 4. The first kappa shape index (κ1) is 15.8. The summed E-state index contributed by atoms with van der Waals surface area (Å²) in [5.41, 5.74) is 1.89. The average Bonchev–Trinajstić information content (AvgIpc) is 2.96. The molecule has 0 unspecified atom stereocenters. The number of urea groups is 1. The molecule has 0 aliphatic carbocycles. The molecule has 26 heavy (non-hydrogen) atoms. The highest BCUT2D eigenvalue weighted by molar-refractivity contribution is 6.39. The molecule has 0 atom stereocenters. The van der Waals surface area contributed by atoms with Crippen molar-refractivity contribution >= 4 is 40.5 Å². The molecule has 1 saturated heterocycles. The van der Waals surface area contributed by atoms with Crippen LogP contribution in [-0.4, -0.2) is 27.4 Å². The molecule has 2 aromatic heterocycles. The number of nitrogens with one attached hydrogen (secondary N) is 1. The number of fused-ring (bicyclic) bond motifs is 1. The molecule has 0 bridgehead atoms. The highest BCUT2D eigenvalue weighted by Gasteiger charge is 2.37. The molecule has 1 N–H and O–H groups in total. The first-order valence-corrected chi connectivity index (χ1v) is 7.92. The number of aryl methyl sites for hydroxylation is 1. The fourth-order valence-electron chi connectivity index (χ4n) is 3.02. The highest BCUT2D eigenvalue weighted by Crippen LogP contribution is 2.25. The van der Waals surface area contributed by atoms with Gasteiger partial charge in [-0.2, -0.15) is 0 Å². The molecule has 1 aliphatic heterocycles. The Bertz CT molecular complexity index is 1080. The number of benzene rings is 1. The lowest BCUT2D eigenvalue weighted by Crippen LogP contribution is -2.54. The van der Waals surface area contributed by atoms with Gasteiger partial charge in [-0.15, -0.1) is 0 Å². The van der Waals surface area contributed by atoms with Crippen LogP contribution < -0.4 is 10.2 Å². The summed E-state index contributed by atoms with van der Waals surface area (Å²) in [4.78, 5) is 42.1. The molecule has 7 nitrogen and oxygen atoms in total. The molecule has 1 aliphatic rings. The van der Waals surface area contributed by atoms with E-state index in [0.717, 1.165) is 21.4 Å². The third-order valence-electron chi connectivity index (χ3n) is 4.23. The van der Waals surface area contributed by atoms with Gasteiger partial charge in [0.1, 0.15) is 5.57 Å². The molecule has 128 valence electrons. The van der Waals surface area contributed by atoms with Gasteiger partial charge in [-0.3, -0.25) is 19.9 Å². The van der Waals surface area contributed by atoms with Crippen LogP contribution in [0.3, 0.4) is 0 Å². The summed E-state index contributed by atoms with van der Waals surface area (Å²) in [7, 11) is 1.89. The van der Waals surface area contributed by atoms with Crippen molar-refractivity contribution in [2.75, 3.05) is 4.90 Å². The Morgan fingerprint density at radius 3 is 2.65 bits per heavy atom. The lowest BCUT2D eigenvalue weighted by atomic mass is 10.1. The van der Waals surface area contributed by atoms with Crippen molar-refractivity contribution in [3.8, 4) is 0 Å². The molecule has 3 heterocycles. The van der Waals surface area contributed by atoms with E-state index in [0.29, 0.717) is 5.69 Å². The number of imide groups is 2. The molecule has 1 fully saturated rings. The van der Waals surface area contributed by atoms with Crippen molar-refractivity contribution in [3.63, 3.8) is 0 Å². The van der Waals surface area contributed by atoms with Crippen LogP contribution in [0.2, 0.25) is 0 Å². The Kier molecular flexibility index (Phi) is 3.62. The van der Waals surface area contributed by atoms with E-state index in [2.05, 4.69) is 10.3 Å². The van der Waals surface area contributed by atoms with Crippen molar-refractivity contribution in [2.24, 2.45) is 7.05 Å². The van der Waals surface area contributed by atoms with Gasteiger partial charge in [0.2, 0.25) is 0 Å². The Balaban J connectivity index is 1.82. The summed E-state index contributed by atoms with van der Waals surface area (Å²) in [6, 6.07) is 10.1. The van der Waals surface area contributed by atoms with Gasteiger partial charge < -0.3 is 4.57 Å². The number of aromatic nitrogens is 2. The summed E-state index contributed by atoms with van der Waals surface area (Å²) >= 11 is 0. The second-order valence-corrected chi connectivity index (χ2v) is 5.88. The van der Waals surface area contributed by atoms with E-state index in [4.69, 9.17) is 0 Å². The first-order valence-electron chi connectivity index (χ1n) is 7.92. The number of hydrogen-bond donors (Lipinski definition) is 1. The van der Waals surface area contributed by atoms with Gasteiger partial charge >= 0.3 is 6.03 Å². The van der Waals surface area contributed by atoms with Crippen LogP contribution >= 0.6 is 0 Å². The van der Waals surface area contributed by atoms with Gasteiger partial charge in [0.25, 0.3) is 11.8 Å². The fraction of sp³-hybridized carbons (Fsp3) is 0.0526. The van der Waals surface area contributed by atoms with Crippen molar-refractivity contribution in [1.82, 2.24) is 14.9 Å². The smallest absolute Gasteiger partial charge is 0.336 e. The van der Waals surface area contributed by atoms with Gasteiger partial charge in [-0.05, 0) is 24.3 Å². The molecule has 4 rings (SSSR count). The Labute approximate surface area is 148 Å². The van der Waals surface area contributed by atoms with Crippen LogP contribution in [0.25, 0.3) is 17.0 Å². The molecular weight excluding hydrogens is 332 g/mol. The lowest BCUT2D eigenvalue weighted by molar-refractivity contribution is -0.122. The van der Waals surface area contributed by atoms with Gasteiger partial charge in [0.05, 0.1) is 11.9 Å². The molecule has 0 spiro atoms. The standard InChI is InChI=1S/C19H14N4O3/c1-22-11-12(14-6-2-3-7-16(14)22)9-15-17(24)21-19(26)23(18(15)25)13-5-4-8-20-10-13/h2-11H,1H3,(H,21,24,26)/b15-9+. The van der Waals surface area contributed by atoms with Gasteiger partial charge in [-0.1, -0.05) is 18.2 Å². The molecule has 0 saturated carbocycles. The number of para-hydroxylation sites is 1. The SMILES string of the molecule is Cn1cc(/C=C2\C(=O)NC(=O)N(c3cccnc3)C2=O)c2ccccc21. The number of pyridine rings is 1. The first-order chi connectivity index (χ1) is 12.6. The molecule has 0 radical (unpaired) electrons. The second-order valence-electron chi connectivity index (χ2n) is 5.88. The molecular formula is C19H14N4O3. The summed E-state index contributed by atoms with van der Waals surface area (Å²) < 4.78 is 1.91. The van der Waals surface area contributed by atoms with E-state index in [9.17, 15) is 14.4 Å². The maximum atomic E-state index is 12.8. The minimum absolute atomic E-state index is 0.107. The largest absolute Gasteiger partial charge is 0.350 e. The van der Waals surface area contributed by atoms with E-state index >= 15 is 0 Å². The molecule has 3 aromatic rings. The lowest BCUT2D eigenvalue weighted by Gasteiger charge is -2.25. The Morgan fingerprint density at radius 2 is 1.88 bits per heavy atom. The van der Waals surface area contributed by atoms with Crippen molar-refractivity contribution in [2.45, 2.75) is 0 Å². The van der Waals surface area contributed by atoms with Gasteiger partial charge in [0, 0.05) is 35.9 Å². The third kappa shape index (κ3) is 2.46. The Morgan fingerprint density at radius 1 is 1.08 bits per heavy atom. The highest BCUT2D eigenvalue weighted by atomic mass is 16.2. The van der Waals surface area contributed by atoms with Crippen molar-refractivity contribution in [1.29, 1.82) is 0 Å². The second kappa shape index (κ2) is 5.96. The predicted octanol–water partition coefficient (Wildman–Crippen LogP) is 2.24. The Hall–Kier alpha value is -3.74. The van der Waals surface area contributed by atoms with Gasteiger partial charge in [-0.25, -0.2) is 9.69 Å². The minimum atomic E-state index is -0.789. The normalized spacial score (nSPS) is 16.4. The number of anilines is 1. The topological polar surface area (TPSA) is 84.3 Å². The zero-order valence-electron chi connectivity index (χ0n) is 13.8. The van der Waals surface area contributed by atoms with Crippen LogP contribution in [0.5, 0.6) is 0 Å². The number of carbonyl (C=O) groups is 3.